The summed E-state index contributed by atoms with van der Waals surface area (Å²) in [5.41, 5.74) is 2.05. The fourth-order valence-electron chi connectivity index (χ4n) is 2.75. The van der Waals surface area contributed by atoms with Gasteiger partial charge < -0.3 is 5.11 Å². The van der Waals surface area contributed by atoms with Crippen molar-refractivity contribution in [2.24, 2.45) is 0 Å². The lowest BCUT2D eigenvalue weighted by atomic mass is 10.2. The number of rotatable bonds is 6. The van der Waals surface area contributed by atoms with E-state index < -0.39 is 5.25 Å². The molecule has 0 amide bonds. The summed E-state index contributed by atoms with van der Waals surface area (Å²) in [5.74, 6) is -0.0363. The van der Waals surface area contributed by atoms with Crippen LogP contribution in [-0.2, 0) is 6.54 Å². The first kappa shape index (κ1) is 19.1. The summed E-state index contributed by atoms with van der Waals surface area (Å²) >= 11 is 2.68. The molecular weight excluding hydrogens is 404 g/mol. The van der Waals surface area contributed by atoms with E-state index in [1.54, 1.807) is 4.68 Å². The minimum atomic E-state index is -0.419. The molecule has 0 fully saturated rings. The normalized spacial score (nSPS) is 13.1. The number of fused-ring (bicyclic) bond motifs is 1. The first-order valence-corrected chi connectivity index (χ1v) is 10.5. The van der Waals surface area contributed by atoms with E-state index in [2.05, 4.69) is 26.6 Å². The molecule has 144 valence electrons. The summed E-state index contributed by atoms with van der Waals surface area (Å²) in [5, 5.41) is 32.9. The van der Waals surface area contributed by atoms with Crippen LogP contribution in [0.2, 0.25) is 0 Å². The number of hydrogen-bond acceptors (Lipinski definition) is 8. The topological polar surface area (TPSA) is 101 Å². The highest BCUT2D eigenvalue weighted by Crippen LogP contribution is 2.32. The molecule has 0 aliphatic heterocycles. The van der Waals surface area contributed by atoms with E-state index in [0.717, 1.165) is 15.8 Å². The van der Waals surface area contributed by atoms with Crippen molar-refractivity contribution in [2.75, 3.05) is 0 Å². The number of aromatic nitrogens is 5. The number of tetrazole rings is 1. The number of para-hydroxylation sites is 1. The standard InChI is InChI=1S/C20H16N6OS2/c1-13(28-20-23-24-25-26(20)12-14-7-3-2-4-8-14)18(27)15(11-21)19-22-16-9-5-6-10-17(16)29-19/h2-10,13,27H,12H2,1H3/b18-15-. The maximum absolute atomic E-state index is 10.8. The van der Waals surface area contributed by atoms with Crippen molar-refractivity contribution in [3.05, 3.63) is 70.9 Å². The van der Waals surface area contributed by atoms with Gasteiger partial charge in [0.05, 0.1) is 22.0 Å². The summed E-state index contributed by atoms with van der Waals surface area (Å²) in [4.78, 5) is 4.48. The van der Waals surface area contributed by atoms with Crippen molar-refractivity contribution >= 4 is 38.9 Å². The lowest BCUT2D eigenvalue weighted by molar-refractivity contribution is 0.402. The highest BCUT2D eigenvalue weighted by molar-refractivity contribution is 7.99. The third-order valence-corrected chi connectivity index (χ3v) is 6.35. The van der Waals surface area contributed by atoms with Crippen molar-refractivity contribution in [1.29, 1.82) is 5.26 Å². The average Bonchev–Trinajstić information content (AvgIpc) is 3.36. The maximum Gasteiger partial charge on any atom is 0.210 e. The van der Waals surface area contributed by atoms with Crippen molar-refractivity contribution < 1.29 is 5.11 Å². The first-order valence-electron chi connectivity index (χ1n) is 8.81. The van der Waals surface area contributed by atoms with Gasteiger partial charge in [0.25, 0.3) is 0 Å². The summed E-state index contributed by atoms with van der Waals surface area (Å²) < 4.78 is 2.64. The molecule has 0 aliphatic carbocycles. The second-order valence-electron chi connectivity index (χ2n) is 6.22. The molecule has 4 aromatic rings. The van der Waals surface area contributed by atoms with E-state index >= 15 is 0 Å². The maximum atomic E-state index is 10.8. The molecule has 0 saturated heterocycles. The van der Waals surface area contributed by atoms with Crippen LogP contribution in [-0.4, -0.2) is 35.5 Å². The molecule has 0 aliphatic rings. The minimum Gasteiger partial charge on any atom is -0.510 e. The Morgan fingerprint density at radius 1 is 1.21 bits per heavy atom. The molecule has 7 nitrogen and oxygen atoms in total. The molecule has 1 N–H and O–H groups in total. The number of nitrogens with zero attached hydrogens (tertiary/aromatic N) is 6. The average molecular weight is 421 g/mol. The number of thiazole rings is 1. The van der Waals surface area contributed by atoms with E-state index in [0.29, 0.717) is 16.7 Å². The quantitative estimate of drug-likeness (QED) is 0.282. The van der Waals surface area contributed by atoms with Gasteiger partial charge in [-0.05, 0) is 35.0 Å². The van der Waals surface area contributed by atoms with Crippen LogP contribution in [0.15, 0.2) is 65.5 Å². The van der Waals surface area contributed by atoms with E-state index in [1.807, 2.05) is 61.5 Å². The van der Waals surface area contributed by atoms with Gasteiger partial charge in [-0.15, -0.1) is 16.4 Å². The molecule has 9 heteroatoms. The van der Waals surface area contributed by atoms with Gasteiger partial charge in [-0.2, -0.15) is 5.26 Å². The Hall–Kier alpha value is -3.22. The number of benzene rings is 2. The van der Waals surface area contributed by atoms with Crippen molar-refractivity contribution in [2.45, 2.75) is 23.9 Å². The Morgan fingerprint density at radius 3 is 2.72 bits per heavy atom. The van der Waals surface area contributed by atoms with Gasteiger partial charge in [0.2, 0.25) is 5.16 Å². The zero-order valence-electron chi connectivity index (χ0n) is 15.4. The van der Waals surface area contributed by atoms with Crippen LogP contribution >= 0.6 is 23.1 Å². The largest absolute Gasteiger partial charge is 0.510 e. The van der Waals surface area contributed by atoms with E-state index in [9.17, 15) is 10.4 Å². The highest BCUT2D eigenvalue weighted by Gasteiger charge is 2.21. The van der Waals surface area contributed by atoms with Crippen molar-refractivity contribution in [1.82, 2.24) is 25.2 Å². The van der Waals surface area contributed by atoms with Gasteiger partial charge in [0.1, 0.15) is 22.4 Å². The zero-order chi connectivity index (χ0) is 20.2. The molecule has 0 saturated carbocycles. The smallest absolute Gasteiger partial charge is 0.210 e. The van der Waals surface area contributed by atoms with Gasteiger partial charge >= 0.3 is 0 Å². The minimum absolute atomic E-state index is 0.0363. The van der Waals surface area contributed by atoms with Crippen molar-refractivity contribution in [3.8, 4) is 6.07 Å². The Labute approximate surface area is 175 Å². The second kappa shape index (κ2) is 8.43. The predicted octanol–water partition coefficient (Wildman–Crippen LogP) is 4.30. The second-order valence-corrected chi connectivity index (χ2v) is 8.56. The molecule has 2 aromatic heterocycles. The molecule has 1 unspecified atom stereocenters. The Bertz CT molecular complexity index is 1180. The SMILES string of the molecule is CC(Sc1nnnn1Cc1ccccc1)/C(O)=C(\C#N)c1nc2ccccc2s1. The van der Waals surface area contributed by atoms with E-state index in [4.69, 9.17) is 0 Å². The molecule has 2 heterocycles. The fraction of sp³-hybridized carbons (Fsp3) is 0.150. The van der Waals surface area contributed by atoms with Crippen LogP contribution < -0.4 is 0 Å². The highest BCUT2D eigenvalue weighted by atomic mass is 32.2. The molecule has 4 rings (SSSR count). The Kier molecular flexibility index (Phi) is 5.55. The van der Waals surface area contributed by atoms with Crippen LogP contribution in [0.4, 0.5) is 0 Å². The number of thioether (sulfide) groups is 1. The zero-order valence-corrected chi connectivity index (χ0v) is 17.1. The number of nitriles is 1. The molecule has 29 heavy (non-hydrogen) atoms. The van der Waals surface area contributed by atoms with Crippen LogP contribution in [0, 0.1) is 11.3 Å². The van der Waals surface area contributed by atoms with Crippen LogP contribution in [0.3, 0.4) is 0 Å². The number of allylic oxidation sites excluding steroid dienone is 1. The van der Waals surface area contributed by atoms with Crippen LogP contribution in [0.25, 0.3) is 15.8 Å². The molecule has 0 spiro atoms. The van der Waals surface area contributed by atoms with E-state index in [1.165, 1.54) is 23.1 Å². The number of aliphatic hydroxyl groups is 1. The van der Waals surface area contributed by atoms with Gasteiger partial charge in [0, 0.05) is 0 Å². The Morgan fingerprint density at radius 2 is 1.97 bits per heavy atom. The lowest BCUT2D eigenvalue weighted by Gasteiger charge is -2.11. The predicted molar refractivity (Wildman–Crippen MR) is 113 cm³/mol. The molecule has 0 radical (unpaired) electrons. The van der Waals surface area contributed by atoms with Crippen LogP contribution in [0.1, 0.15) is 17.5 Å². The summed E-state index contributed by atoms with van der Waals surface area (Å²) in [6.45, 7) is 2.34. The van der Waals surface area contributed by atoms with Gasteiger partial charge in [-0.1, -0.05) is 54.2 Å². The Balaban J connectivity index is 1.58. The fourth-order valence-corrected chi connectivity index (χ4v) is 4.57. The molecular formula is C20H16N6OS2. The third kappa shape index (κ3) is 4.13. The monoisotopic (exact) mass is 420 g/mol. The molecule has 2 aromatic carbocycles. The summed E-state index contributed by atoms with van der Waals surface area (Å²) in [7, 11) is 0. The third-order valence-electron chi connectivity index (χ3n) is 4.22. The van der Waals surface area contributed by atoms with Gasteiger partial charge in [0.15, 0.2) is 0 Å². The van der Waals surface area contributed by atoms with Crippen molar-refractivity contribution in [3.63, 3.8) is 0 Å². The summed E-state index contributed by atoms with van der Waals surface area (Å²) in [6, 6.07) is 19.6. The van der Waals surface area contributed by atoms with Gasteiger partial charge in [-0.25, -0.2) is 9.67 Å². The first-order chi connectivity index (χ1) is 14.2. The van der Waals surface area contributed by atoms with Crippen LogP contribution in [0.5, 0.6) is 0 Å². The van der Waals surface area contributed by atoms with Gasteiger partial charge in [-0.3, -0.25) is 0 Å². The van der Waals surface area contributed by atoms with E-state index in [-0.39, 0.29) is 11.3 Å². The lowest BCUT2D eigenvalue weighted by Crippen LogP contribution is -2.08. The number of aliphatic hydroxyl groups excluding tert-OH is 1. The molecule has 0 bridgehead atoms. The number of hydrogen-bond donors (Lipinski definition) is 1. The molecule has 1 atom stereocenters. The summed E-state index contributed by atoms with van der Waals surface area (Å²) in [6.07, 6.45) is 0.